The zero-order valence-electron chi connectivity index (χ0n) is 22.8. The van der Waals surface area contributed by atoms with Crippen molar-refractivity contribution in [3.05, 3.63) is 94.3 Å². The number of cyclic esters (lactones) is 1. The average Bonchev–Trinajstić information content (AvgIpc) is 2.88. The summed E-state index contributed by atoms with van der Waals surface area (Å²) in [5.41, 5.74) is 5.98. The average molecular weight is 536 g/mol. The van der Waals surface area contributed by atoms with Gasteiger partial charge in [-0.25, -0.2) is 8.78 Å². The minimum absolute atomic E-state index is 0.0113. The van der Waals surface area contributed by atoms with Crippen molar-refractivity contribution in [1.29, 1.82) is 0 Å². The Morgan fingerprint density at radius 2 is 1.59 bits per heavy atom. The van der Waals surface area contributed by atoms with E-state index in [1.165, 1.54) is 24.3 Å². The SMILES string of the molecule is CC(C)c1nc(C(C)C)c(COCc2ccc(F)cc2)c(-c2ccc(F)cc2)c1C=C[C@H]1C[C@H](O)CC(=O)O1. The quantitative estimate of drug-likeness (QED) is 0.297. The van der Waals surface area contributed by atoms with Crippen LogP contribution >= 0.6 is 0 Å². The molecule has 206 valence electrons. The van der Waals surface area contributed by atoms with Gasteiger partial charge in [0.15, 0.2) is 0 Å². The molecule has 1 N–H and O–H groups in total. The summed E-state index contributed by atoms with van der Waals surface area (Å²) in [6, 6.07) is 12.5. The minimum Gasteiger partial charge on any atom is -0.458 e. The number of benzene rings is 2. The van der Waals surface area contributed by atoms with E-state index in [9.17, 15) is 18.7 Å². The molecule has 39 heavy (non-hydrogen) atoms. The predicted octanol–water partition coefficient (Wildman–Crippen LogP) is 7.07. The van der Waals surface area contributed by atoms with Crippen LogP contribution < -0.4 is 0 Å². The maximum atomic E-state index is 14.0. The number of aliphatic hydroxyl groups is 1. The first kappa shape index (κ1) is 28.6. The van der Waals surface area contributed by atoms with E-state index in [1.54, 1.807) is 30.3 Å². The third-order valence-electron chi connectivity index (χ3n) is 6.72. The van der Waals surface area contributed by atoms with E-state index in [4.69, 9.17) is 14.5 Å². The van der Waals surface area contributed by atoms with Crippen molar-refractivity contribution in [3.8, 4) is 11.1 Å². The standard InChI is InChI=1S/C32H35F2NO4/c1-19(2)31-27(14-13-26-15-25(36)16-29(37)39-26)30(22-7-11-24(34)12-8-22)28(32(35-31)20(3)4)18-38-17-21-5-9-23(33)10-6-21/h5-14,19-20,25-26,36H,15-18H2,1-4H3/t25-,26-/m0/s1. The number of carbonyl (C=O) groups is 1. The maximum absolute atomic E-state index is 14.0. The van der Waals surface area contributed by atoms with Crippen LogP contribution in [0, 0.1) is 11.6 Å². The second kappa shape index (κ2) is 12.6. The second-order valence-corrected chi connectivity index (χ2v) is 10.6. The van der Waals surface area contributed by atoms with Crippen LogP contribution in [0.5, 0.6) is 0 Å². The summed E-state index contributed by atoms with van der Waals surface area (Å²) in [5, 5.41) is 10.1. The minimum atomic E-state index is -0.751. The van der Waals surface area contributed by atoms with E-state index >= 15 is 0 Å². The molecule has 0 radical (unpaired) electrons. The number of aliphatic hydroxyl groups excluding tert-OH is 1. The number of ether oxygens (including phenoxy) is 2. The number of aromatic nitrogens is 1. The molecule has 0 bridgehead atoms. The van der Waals surface area contributed by atoms with Gasteiger partial charge in [-0.15, -0.1) is 0 Å². The zero-order valence-corrected chi connectivity index (χ0v) is 22.8. The highest BCUT2D eigenvalue weighted by Gasteiger charge is 2.27. The third-order valence-corrected chi connectivity index (χ3v) is 6.72. The Morgan fingerprint density at radius 3 is 2.18 bits per heavy atom. The number of rotatable bonds is 9. The number of pyridine rings is 1. The first-order valence-electron chi connectivity index (χ1n) is 13.3. The fourth-order valence-corrected chi connectivity index (χ4v) is 4.84. The lowest BCUT2D eigenvalue weighted by molar-refractivity contribution is -0.156. The van der Waals surface area contributed by atoms with E-state index in [-0.39, 0.29) is 43.1 Å². The normalized spacial score (nSPS) is 17.8. The second-order valence-electron chi connectivity index (χ2n) is 10.6. The van der Waals surface area contributed by atoms with Gasteiger partial charge in [0.2, 0.25) is 0 Å². The van der Waals surface area contributed by atoms with Crippen LogP contribution in [-0.4, -0.2) is 28.3 Å². The highest BCUT2D eigenvalue weighted by Crippen LogP contribution is 2.38. The van der Waals surface area contributed by atoms with Crippen LogP contribution in [0.1, 0.15) is 80.5 Å². The lowest BCUT2D eigenvalue weighted by atomic mass is 9.87. The molecule has 0 spiro atoms. The molecule has 1 aromatic heterocycles. The summed E-state index contributed by atoms with van der Waals surface area (Å²) >= 11 is 0. The summed E-state index contributed by atoms with van der Waals surface area (Å²) in [5.74, 6) is -0.932. The molecule has 2 atom stereocenters. The molecule has 1 saturated heterocycles. The molecule has 0 amide bonds. The molecule has 4 rings (SSSR count). The fraction of sp³-hybridized carbons (Fsp3) is 0.375. The summed E-state index contributed by atoms with van der Waals surface area (Å²) in [6.45, 7) is 8.79. The Balaban J connectivity index is 1.83. The highest BCUT2D eigenvalue weighted by molar-refractivity contribution is 5.80. The van der Waals surface area contributed by atoms with Gasteiger partial charge in [-0.3, -0.25) is 9.78 Å². The molecule has 0 unspecified atom stereocenters. The molecular weight excluding hydrogens is 500 g/mol. The van der Waals surface area contributed by atoms with Gasteiger partial charge in [-0.05, 0) is 58.9 Å². The van der Waals surface area contributed by atoms with Gasteiger partial charge >= 0.3 is 5.97 Å². The van der Waals surface area contributed by atoms with Crippen molar-refractivity contribution in [3.63, 3.8) is 0 Å². The summed E-state index contributed by atoms with van der Waals surface area (Å²) in [7, 11) is 0. The molecule has 5 nitrogen and oxygen atoms in total. The Morgan fingerprint density at radius 1 is 0.974 bits per heavy atom. The van der Waals surface area contributed by atoms with Gasteiger partial charge in [-0.1, -0.05) is 58.0 Å². The Labute approximate surface area is 228 Å². The monoisotopic (exact) mass is 535 g/mol. The van der Waals surface area contributed by atoms with E-state index < -0.39 is 18.2 Å². The van der Waals surface area contributed by atoms with E-state index in [2.05, 4.69) is 27.7 Å². The van der Waals surface area contributed by atoms with Crippen LogP contribution in [0.2, 0.25) is 0 Å². The number of hydrogen-bond acceptors (Lipinski definition) is 5. The molecule has 1 aliphatic heterocycles. The topological polar surface area (TPSA) is 68.7 Å². The smallest absolute Gasteiger partial charge is 0.309 e. The third kappa shape index (κ3) is 7.16. The van der Waals surface area contributed by atoms with E-state index in [0.29, 0.717) is 6.42 Å². The van der Waals surface area contributed by atoms with E-state index in [0.717, 1.165) is 39.2 Å². The number of nitrogens with zero attached hydrogens (tertiary/aromatic N) is 1. The molecule has 0 saturated carbocycles. The molecule has 2 heterocycles. The van der Waals surface area contributed by atoms with Crippen molar-refractivity contribution >= 4 is 12.0 Å². The van der Waals surface area contributed by atoms with Crippen LogP contribution in [0.15, 0.2) is 54.6 Å². The van der Waals surface area contributed by atoms with Gasteiger partial charge < -0.3 is 14.6 Å². The molecule has 3 aromatic rings. The lowest BCUT2D eigenvalue weighted by Crippen LogP contribution is -2.31. The Bertz CT molecular complexity index is 1320. The Kier molecular flexibility index (Phi) is 9.25. The van der Waals surface area contributed by atoms with E-state index in [1.807, 2.05) is 6.08 Å². The number of esters is 1. The van der Waals surface area contributed by atoms with Gasteiger partial charge in [0.25, 0.3) is 0 Å². The molecule has 1 fully saturated rings. The first-order chi connectivity index (χ1) is 18.6. The number of halogens is 2. The molecular formula is C32H35F2NO4. The van der Waals surface area contributed by atoms with Crippen LogP contribution in [0.4, 0.5) is 8.78 Å². The summed E-state index contributed by atoms with van der Waals surface area (Å²) in [6.07, 6.45) is 2.67. The van der Waals surface area contributed by atoms with Gasteiger partial charge in [0.05, 0.1) is 31.4 Å². The van der Waals surface area contributed by atoms with Crippen molar-refractivity contribution < 1.29 is 28.2 Å². The van der Waals surface area contributed by atoms with Gasteiger partial charge in [-0.2, -0.15) is 0 Å². The van der Waals surface area contributed by atoms with Crippen LogP contribution in [0.3, 0.4) is 0 Å². The highest BCUT2D eigenvalue weighted by atomic mass is 19.1. The predicted molar refractivity (Wildman–Crippen MR) is 147 cm³/mol. The van der Waals surface area contributed by atoms with Crippen LogP contribution in [0.25, 0.3) is 17.2 Å². The van der Waals surface area contributed by atoms with Gasteiger partial charge in [0.1, 0.15) is 17.7 Å². The first-order valence-corrected chi connectivity index (χ1v) is 13.3. The molecule has 2 aromatic carbocycles. The lowest BCUT2D eigenvalue weighted by Gasteiger charge is -2.25. The van der Waals surface area contributed by atoms with Crippen molar-refractivity contribution in [1.82, 2.24) is 4.98 Å². The molecule has 7 heteroatoms. The maximum Gasteiger partial charge on any atom is 0.309 e. The Hall–Kier alpha value is -3.42. The van der Waals surface area contributed by atoms with Crippen molar-refractivity contribution in [2.24, 2.45) is 0 Å². The summed E-state index contributed by atoms with van der Waals surface area (Å²) < 4.78 is 38.9. The number of hydrogen-bond donors (Lipinski definition) is 1. The summed E-state index contributed by atoms with van der Waals surface area (Å²) in [4.78, 5) is 17.0. The molecule has 0 aliphatic carbocycles. The zero-order chi connectivity index (χ0) is 28.1. The van der Waals surface area contributed by atoms with Crippen molar-refractivity contribution in [2.45, 2.75) is 77.8 Å². The van der Waals surface area contributed by atoms with Crippen molar-refractivity contribution in [2.75, 3.05) is 0 Å². The fourth-order valence-electron chi connectivity index (χ4n) is 4.84. The number of carbonyl (C=O) groups excluding carboxylic acids is 1. The van der Waals surface area contributed by atoms with Crippen LogP contribution in [-0.2, 0) is 27.5 Å². The molecule has 1 aliphatic rings. The van der Waals surface area contributed by atoms with Gasteiger partial charge in [0, 0.05) is 23.2 Å². The largest absolute Gasteiger partial charge is 0.458 e.